The molecule has 168 valence electrons. The van der Waals surface area contributed by atoms with E-state index in [4.69, 9.17) is 28.9 Å². The second kappa shape index (κ2) is 9.43. The molecule has 0 radical (unpaired) electrons. The van der Waals surface area contributed by atoms with Gasteiger partial charge in [0, 0.05) is 22.5 Å². The van der Waals surface area contributed by atoms with Gasteiger partial charge in [-0.3, -0.25) is 9.59 Å². The number of nitrogens with two attached hydrogens (primary N) is 1. The van der Waals surface area contributed by atoms with Crippen LogP contribution in [0, 0.1) is 5.92 Å². The first-order chi connectivity index (χ1) is 15.2. The molecule has 7 nitrogen and oxygen atoms in total. The predicted molar refractivity (Wildman–Crippen MR) is 130 cm³/mol. The summed E-state index contributed by atoms with van der Waals surface area (Å²) in [4.78, 5) is 25.8. The summed E-state index contributed by atoms with van der Waals surface area (Å²) < 4.78 is 1.77. The molecule has 0 bridgehead atoms. The monoisotopic (exact) mass is 509 g/mol. The molecular weight excluding hydrogens is 489 g/mol. The highest BCUT2D eigenvalue weighted by Crippen LogP contribution is 2.39. The number of nitrogens with zero attached hydrogens (tertiary/aromatic N) is 3. The molecule has 2 aromatic heterocycles. The van der Waals surface area contributed by atoms with Crippen molar-refractivity contribution in [3.8, 4) is 11.4 Å². The predicted octanol–water partition coefficient (Wildman–Crippen LogP) is 4.80. The third kappa shape index (κ3) is 4.66. The van der Waals surface area contributed by atoms with Crippen LogP contribution in [0.1, 0.15) is 34.1 Å². The minimum atomic E-state index is -0.502. The number of halogens is 2. The normalized spacial score (nSPS) is 15.4. The van der Waals surface area contributed by atoms with Gasteiger partial charge in [0.1, 0.15) is 5.00 Å². The zero-order valence-corrected chi connectivity index (χ0v) is 20.6. The second-order valence-electron chi connectivity index (χ2n) is 7.75. The number of aromatic nitrogens is 3. The molecule has 3 aromatic rings. The third-order valence-electron chi connectivity index (χ3n) is 5.35. The molecule has 0 aliphatic heterocycles. The van der Waals surface area contributed by atoms with E-state index in [-0.39, 0.29) is 11.7 Å². The molecule has 2 amide bonds. The molecule has 32 heavy (non-hydrogen) atoms. The third-order valence-corrected chi connectivity index (χ3v) is 8.09. The topological polar surface area (TPSA) is 103 Å². The van der Waals surface area contributed by atoms with Gasteiger partial charge in [-0.1, -0.05) is 41.9 Å². The number of benzene rings is 1. The Bertz CT molecular complexity index is 1210. The van der Waals surface area contributed by atoms with E-state index >= 15 is 0 Å². The first-order valence-corrected chi connectivity index (χ1v) is 12.5. The van der Waals surface area contributed by atoms with Crippen LogP contribution in [0.15, 0.2) is 23.4 Å². The van der Waals surface area contributed by atoms with Crippen molar-refractivity contribution in [1.82, 2.24) is 14.8 Å². The van der Waals surface area contributed by atoms with Crippen LogP contribution in [0.5, 0.6) is 0 Å². The zero-order chi connectivity index (χ0) is 23.0. The number of nitrogens with one attached hydrogen (secondary N) is 1. The van der Waals surface area contributed by atoms with Crippen molar-refractivity contribution in [1.29, 1.82) is 0 Å². The van der Waals surface area contributed by atoms with Gasteiger partial charge in [0.2, 0.25) is 5.91 Å². The fraction of sp³-hybridized carbons (Fsp3) is 0.333. The number of hydrogen-bond acceptors (Lipinski definition) is 6. The van der Waals surface area contributed by atoms with Crippen molar-refractivity contribution in [2.24, 2.45) is 18.7 Å². The second-order valence-corrected chi connectivity index (χ2v) is 10.6. The van der Waals surface area contributed by atoms with Gasteiger partial charge in [-0.05, 0) is 48.9 Å². The van der Waals surface area contributed by atoms with E-state index in [0.29, 0.717) is 43.1 Å². The molecule has 1 atom stereocenters. The quantitative estimate of drug-likeness (QED) is 0.464. The van der Waals surface area contributed by atoms with Crippen LogP contribution >= 0.6 is 46.3 Å². The molecule has 3 N–H and O–H groups in total. The van der Waals surface area contributed by atoms with Crippen molar-refractivity contribution in [2.45, 2.75) is 31.3 Å². The van der Waals surface area contributed by atoms with E-state index in [1.807, 2.05) is 0 Å². The summed E-state index contributed by atoms with van der Waals surface area (Å²) >= 11 is 14.9. The molecule has 1 aliphatic carbocycles. The number of primary amides is 1. The maximum Gasteiger partial charge on any atom is 0.251 e. The smallest absolute Gasteiger partial charge is 0.251 e. The number of carbonyl (C=O) groups excluding carboxylic acids is 2. The standard InChI is InChI=1S/C21H21Cl2N5O2S2/c1-10-3-5-13-15(7-10)32-20(17(13)18(24)30)25-16(29)9-31-21-27-26-19(28(21)2)12-6-4-11(22)8-14(12)23/h4,6,8,10H,3,5,7,9H2,1-2H3,(H2,24,30)(H,25,29). The Kier molecular flexibility index (Phi) is 6.80. The minimum Gasteiger partial charge on any atom is -0.365 e. The lowest BCUT2D eigenvalue weighted by molar-refractivity contribution is -0.113. The van der Waals surface area contributed by atoms with Crippen molar-refractivity contribution in [2.75, 3.05) is 11.1 Å². The number of thioether (sulfide) groups is 1. The van der Waals surface area contributed by atoms with Crippen molar-refractivity contribution >= 4 is 63.1 Å². The molecule has 1 unspecified atom stereocenters. The van der Waals surface area contributed by atoms with E-state index in [0.717, 1.165) is 29.7 Å². The van der Waals surface area contributed by atoms with Crippen LogP contribution in [-0.4, -0.2) is 32.3 Å². The number of anilines is 1. The lowest BCUT2D eigenvalue weighted by Gasteiger charge is -2.18. The molecular formula is C21H21Cl2N5O2S2. The summed E-state index contributed by atoms with van der Waals surface area (Å²) in [5.74, 6) is 0.499. The summed E-state index contributed by atoms with van der Waals surface area (Å²) in [6, 6.07) is 5.15. The average molecular weight is 510 g/mol. The maximum absolute atomic E-state index is 12.6. The van der Waals surface area contributed by atoms with Crippen molar-refractivity contribution < 1.29 is 9.59 Å². The molecule has 0 saturated carbocycles. The highest BCUT2D eigenvalue weighted by atomic mass is 35.5. The zero-order valence-electron chi connectivity index (χ0n) is 17.4. The molecule has 1 aromatic carbocycles. The summed E-state index contributed by atoms with van der Waals surface area (Å²) in [5.41, 5.74) is 7.77. The minimum absolute atomic E-state index is 0.109. The summed E-state index contributed by atoms with van der Waals surface area (Å²) in [6.07, 6.45) is 2.73. The number of fused-ring (bicyclic) bond motifs is 1. The van der Waals surface area contributed by atoms with E-state index in [1.54, 1.807) is 29.8 Å². The average Bonchev–Trinajstić information content (AvgIpc) is 3.26. The highest BCUT2D eigenvalue weighted by molar-refractivity contribution is 7.99. The lowest BCUT2D eigenvalue weighted by Crippen LogP contribution is -2.20. The largest absolute Gasteiger partial charge is 0.365 e. The van der Waals surface area contributed by atoms with E-state index in [9.17, 15) is 9.59 Å². The molecule has 0 saturated heterocycles. The first-order valence-electron chi connectivity index (χ1n) is 9.96. The van der Waals surface area contributed by atoms with E-state index < -0.39 is 5.91 Å². The van der Waals surface area contributed by atoms with E-state index in [2.05, 4.69) is 22.4 Å². The Labute approximate surface area is 203 Å². The van der Waals surface area contributed by atoms with Gasteiger partial charge >= 0.3 is 0 Å². The van der Waals surface area contributed by atoms with Gasteiger partial charge in [0.25, 0.3) is 5.91 Å². The van der Waals surface area contributed by atoms with E-state index in [1.165, 1.54) is 23.1 Å². The van der Waals surface area contributed by atoms with Gasteiger partial charge in [0.15, 0.2) is 11.0 Å². The number of amides is 2. The molecule has 2 heterocycles. The number of hydrogen-bond donors (Lipinski definition) is 2. The summed E-state index contributed by atoms with van der Waals surface area (Å²) in [6.45, 7) is 2.19. The summed E-state index contributed by atoms with van der Waals surface area (Å²) in [5, 5.41) is 13.4. The lowest BCUT2D eigenvalue weighted by atomic mass is 9.88. The van der Waals surface area contributed by atoms with Crippen LogP contribution in [-0.2, 0) is 24.7 Å². The molecule has 4 rings (SSSR count). The van der Waals surface area contributed by atoms with Gasteiger partial charge in [-0.25, -0.2) is 0 Å². The van der Waals surface area contributed by atoms with Crippen LogP contribution in [0.3, 0.4) is 0 Å². The van der Waals surface area contributed by atoms with Crippen LogP contribution in [0.4, 0.5) is 5.00 Å². The SMILES string of the molecule is CC1CCc2c(sc(NC(=O)CSc3nnc(-c4ccc(Cl)cc4Cl)n3C)c2C(N)=O)C1. The maximum atomic E-state index is 12.6. The first kappa shape index (κ1) is 23.1. The molecule has 1 aliphatic rings. The van der Waals surface area contributed by atoms with Crippen LogP contribution in [0.25, 0.3) is 11.4 Å². The molecule has 0 fully saturated rings. The highest BCUT2D eigenvalue weighted by Gasteiger charge is 2.27. The fourth-order valence-corrected chi connectivity index (χ4v) is 6.37. The number of carbonyl (C=O) groups is 2. The Morgan fingerprint density at radius 1 is 1.34 bits per heavy atom. The van der Waals surface area contributed by atoms with Gasteiger partial charge < -0.3 is 15.6 Å². The van der Waals surface area contributed by atoms with Gasteiger partial charge in [-0.2, -0.15) is 0 Å². The van der Waals surface area contributed by atoms with Crippen LogP contribution in [0.2, 0.25) is 10.0 Å². The fourth-order valence-electron chi connectivity index (χ4n) is 3.74. The molecule has 11 heteroatoms. The van der Waals surface area contributed by atoms with Gasteiger partial charge in [-0.15, -0.1) is 21.5 Å². The number of rotatable bonds is 6. The number of thiophene rings is 1. The Morgan fingerprint density at radius 3 is 2.84 bits per heavy atom. The summed E-state index contributed by atoms with van der Waals surface area (Å²) in [7, 11) is 1.81. The Balaban J connectivity index is 1.46. The molecule has 0 spiro atoms. The van der Waals surface area contributed by atoms with Gasteiger partial charge in [0.05, 0.1) is 16.3 Å². The van der Waals surface area contributed by atoms with Crippen LogP contribution < -0.4 is 11.1 Å². The Hall–Kier alpha value is -2.07. The van der Waals surface area contributed by atoms with Crippen molar-refractivity contribution in [3.63, 3.8) is 0 Å². The Morgan fingerprint density at radius 2 is 2.12 bits per heavy atom. The van der Waals surface area contributed by atoms with Crippen molar-refractivity contribution in [3.05, 3.63) is 44.2 Å².